The quantitative estimate of drug-likeness (QED) is 0.382. The van der Waals surface area contributed by atoms with Gasteiger partial charge in [0.05, 0.1) is 30.6 Å². The van der Waals surface area contributed by atoms with E-state index in [1.54, 1.807) is 12.0 Å². The van der Waals surface area contributed by atoms with Crippen LogP contribution in [0.3, 0.4) is 0 Å². The van der Waals surface area contributed by atoms with Crippen LogP contribution in [0.1, 0.15) is 50.2 Å². The number of alkyl halides is 3. The van der Waals surface area contributed by atoms with E-state index in [2.05, 4.69) is 25.7 Å². The van der Waals surface area contributed by atoms with Gasteiger partial charge < -0.3 is 25.4 Å². The topological polar surface area (TPSA) is 145 Å². The summed E-state index contributed by atoms with van der Waals surface area (Å²) in [5, 5.41) is 21.1. The second-order valence-corrected chi connectivity index (χ2v) is 9.51. The highest BCUT2D eigenvalue weighted by molar-refractivity contribution is 5.80. The molecule has 1 saturated carbocycles. The van der Waals surface area contributed by atoms with Crippen LogP contribution in [-0.4, -0.2) is 75.2 Å². The van der Waals surface area contributed by atoms with E-state index < -0.39 is 53.2 Å². The van der Waals surface area contributed by atoms with Crippen LogP contribution in [0.25, 0.3) is 0 Å². The van der Waals surface area contributed by atoms with Crippen molar-refractivity contribution in [1.29, 1.82) is 0 Å². The van der Waals surface area contributed by atoms with Crippen molar-refractivity contribution < 1.29 is 27.8 Å². The summed E-state index contributed by atoms with van der Waals surface area (Å²) in [5.41, 5.74) is -2.10. The molecule has 2 aliphatic rings. The Morgan fingerprint density at radius 3 is 2.57 bits per heavy atom. The molecule has 0 aromatic carbocycles. The van der Waals surface area contributed by atoms with Gasteiger partial charge in [0.2, 0.25) is 11.9 Å². The number of amides is 1. The standard InChI is InChI=1S/C23H30F3N7O4/c1-12(30-17-9-29-32-21(36)19(17)23(24,25)26)11-37-13(2)20(35)31-16-5-6-33(10-18(16)34)22-27-7-15(8-28-22)14-3-4-14/h7-9,12-14,16,18,34H,3-6,10-11H2,1-2H3,(H,31,35)(H2,30,32,36)/t12?,13?,16-,18-/m1/s1. The lowest BCUT2D eigenvalue weighted by Gasteiger charge is -2.36. The van der Waals surface area contributed by atoms with Crippen molar-refractivity contribution >= 4 is 17.5 Å². The summed E-state index contributed by atoms with van der Waals surface area (Å²) >= 11 is 0. The van der Waals surface area contributed by atoms with E-state index in [4.69, 9.17) is 4.74 Å². The molecule has 202 valence electrons. The number of aromatic amines is 1. The van der Waals surface area contributed by atoms with Crippen molar-refractivity contribution in [3.63, 3.8) is 0 Å². The number of halogens is 3. The number of β-amino-alcohol motifs (C(OH)–C–C–N with tert-alkyl or cyclic N) is 1. The van der Waals surface area contributed by atoms with E-state index in [-0.39, 0.29) is 13.2 Å². The highest BCUT2D eigenvalue weighted by Gasteiger charge is 2.38. The molecule has 0 bridgehead atoms. The maximum Gasteiger partial charge on any atom is 0.423 e. The third-order valence-electron chi connectivity index (χ3n) is 6.41. The van der Waals surface area contributed by atoms with Crippen LogP contribution in [-0.2, 0) is 15.7 Å². The van der Waals surface area contributed by atoms with Gasteiger partial charge in [-0.2, -0.15) is 18.3 Å². The van der Waals surface area contributed by atoms with Crippen LogP contribution in [0.4, 0.5) is 24.8 Å². The third-order valence-corrected chi connectivity index (χ3v) is 6.41. The van der Waals surface area contributed by atoms with Crippen molar-refractivity contribution in [2.24, 2.45) is 0 Å². The van der Waals surface area contributed by atoms with Crippen LogP contribution in [0.5, 0.6) is 0 Å². The van der Waals surface area contributed by atoms with Gasteiger partial charge in [0, 0.05) is 31.5 Å². The molecular weight excluding hydrogens is 495 g/mol. The molecule has 4 N–H and O–H groups in total. The van der Waals surface area contributed by atoms with Crippen molar-refractivity contribution in [1.82, 2.24) is 25.5 Å². The molecule has 1 amide bonds. The number of nitrogens with zero attached hydrogens (tertiary/aromatic N) is 4. The Bertz CT molecular complexity index is 1140. The molecule has 1 aliphatic heterocycles. The molecule has 3 heterocycles. The summed E-state index contributed by atoms with van der Waals surface area (Å²) in [6.07, 6.45) is 0.682. The molecule has 0 radical (unpaired) electrons. The average Bonchev–Trinajstić information content (AvgIpc) is 3.68. The fourth-order valence-corrected chi connectivity index (χ4v) is 4.16. The van der Waals surface area contributed by atoms with Crippen LogP contribution in [0.15, 0.2) is 23.4 Å². The zero-order chi connectivity index (χ0) is 26.7. The van der Waals surface area contributed by atoms with Gasteiger partial charge >= 0.3 is 6.18 Å². The zero-order valence-corrected chi connectivity index (χ0v) is 20.5. The average molecular weight is 526 g/mol. The number of carbonyl (C=O) groups is 1. The van der Waals surface area contributed by atoms with Crippen LogP contribution in [0.2, 0.25) is 0 Å². The first-order valence-electron chi connectivity index (χ1n) is 12.1. The summed E-state index contributed by atoms with van der Waals surface area (Å²) in [7, 11) is 0. The molecular formula is C23H30F3N7O4. The Labute approximate surface area is 210 Å². The van der Waals surface area contributed by atoms with Crippen molar-refractivity contribution in [3.8, 4) is 0 Å². The number of hydrogen-bond donors (Lipinski definition) is 4. The number of H-pyrrole nitrogens is 1. The normalized spacial score (nSPS) is 21.8. The van der Waals surface area contributed by atoms with E-state index >= 15 is 0 Å². The summed E-state index contributed by atoms with van der Waals surface area (Å²) < 4.78 is 45.1. The van der Waals surface area contributed by atoms with Crippen molar-refractivity contribution in [2.75, 3.05) is 29.9 Å². The number of aliphatic hydroxyl groups excluding tert-OH is 1. The number of nitrogens with one attached hydrogen (secondary N) is 3. The molecule has 4 atom stereocenters. The summed E-state index contributed by atoms with van der Waals surface area (Å²) in [6, 6.07) is -1.16. The molecule has 0 spiro atoms. The predicted octanol–water partition coefficient (Wildman–Crippen LogP) is 1.42. The monoisotopic (exact) mass is 525 g/mol. The van der Waals surface area contributed by atoms with Crippen molar-refractivity contribution in [2.45, 2.75) is 69.5 Å². The SMILES string of the molecule is CC(COC(C)C(=O)N[C@@H]1CCN(c2ncc(C3CC3)cn2)C[C@H]1O)Nc1cn[nH]c(=O)c1C(F)(F)F. The summed E-state index contributed by atoms with van der Waals surface area (Å²) in [4.78, 5) is 34.9. The summed E-state index contributed by atoms with van der Waals surface area (Å²) in [6.45, 7) is 3.75. The lowest BCUT2D eigenvalue weighted by molar-refractivity contribution is -0.138. The van der Waals surface area contributed by atoms with Gasteiger partial charge in [-0.05, 0) is 44.6 Å². The van der Waals surface area contributed by atoms with E-state index in [1.165, 1.54) is 6.92 Å². The Morgan fingerprint density at radius 2 is 1.95 bits per heavy atom. The number of aromatic nitrogens is 4. The van der Waals surface area contributed by atoms with Gasteiger partial charge in [0.1, 0.15) is 11.7 Å². The summed E-state index contributed by atoms with van der Waals surface area (Å²) in [5.74, 6) is 0.639. The molecule has 2 aromatic heterocycles. The second kappa shape index (κ2) is 11.0. The Hall–Kier alpha value is -3.26. The molecule has 11 nitrogen and oxygen atoms in total. The number of hydrogen-bond acceptors (Lipinski definition) is 9. The maximum atomic E-state index is 13.2. The lowest BCUT2D eigenvalue weighted by atomic mass is 10.0. The number of rotatable bonds is 9. The number of carbonyl (C=O) groups excluding carboxylic acids is 1. The molecule has 37 heavy (non-hydrogen) atoms. The first kappa shape index (κ1) is 26.8. The smallest absolute Gasteiger partial charge is 0.389 e. The molecule has 1 saturated heterocycles. The number of ether oxygens (including phenoxy) is 1. The molecule has 2 unspecified atom stereocenters. The molecule has 14 heteroatoms. The van der Waals surface area contributed by atoms with E-state index in [0.717, 1.165) is 24.6 Å². The molecule has 1 aliphatic carbocycles. The minimum absolute atomic E-state index is 0.117. The maximum absolute atomic E-state index is 13.2. The Balaban J connectivity index is 1.24. The van der Waals surface area contributed by atoms with Gasteiger partial charge in [-0.25, -0.2) is 15.1 Å². The predicted molar refractivity (Wildman–Crippen MR) is 127 cm³/mol. The van der Waals surface area contributed by atoms with E-state index in [9.17, 15) is 27.9 Å². The van der Waals surface area contributed by atoms with Crippen LogP contribution in [0, 0.1) is 0 Å². The van der Waals surface area contributed by atoms with E-state index in [0.29, 0.717) is 24.8 Å². The largest absolute Gasteiger partial charge is 0.423 e. The van der Waals surface area contributed by atoms with Crippen LogP contribution >= 0.6 is 0 Å². The minimum atomic E-state index is -4.87. The minimum Gasteiger partial charge on any atom is -0.389 e. The zero-order valence-electron chi connectivity index (χ0n) is 20.5. The first-order chi connectivity index (χ1) is 17.5. The number of anilines is 2. The van der Waals surface area contributed by atoms with Crippen LogP contribution < -0.4 is 21.1 Å². The Morgan fingerprint density at radius 1 is 1.24 bits per heavy atom. The third kappa shape index (κ3) is 6.74. The number of piperidine rings is 1. The van der Waals surface area contributed by atoms with Gasteiger partial charge in [-0.1, -0.05) is 0 Å². The number of aliphatic hydroxyl groups is 1. The first-order valence-corrected chi connectivity index (χ1v) is 12.1. The fourth-order valence-electron chi connectivity index (χ4n) is 4.16. The van der Waals surface area contributed by atoms with Gasteiger partial charge in [-0.15, -0.1) is 0 Å². The highest BCUT2D eigenvalue weighted by atomic mass is 19.4. The molecule has 4 rings (SSSR count). The van der Waals surface area contributed by atoms with Gasteiger partial charge in [0.25, 0.3) is 5.56 Å². The van der Waals surface area contributed by atoms with Crippen molar-refractivity contribution in [3.05, 3.63) is 40.1 Å². The van der Waals surface area contributed by atoms with E-state index in [1.807, 2.05) is 17.3 Å². The molecule has 2 fully saturated rings. The second-order valence-electron chi connectivity index (χ2n) is 9.51. The molecule has 2 aromatic rings. The Kier molecular flexibility index (Phi) is 7.97. The lowest BCUT2D eigenvalue weighted by Crippen LogP contribution is -2.56. The fraction of sp³-hybridized carbons (Fsp3) is 0.609. The van der Waals surface area contributed by atoms with Gasteiger partial charge in [0.15, 0.2) is 0 Å². The van der Waals surface area contributed by atoms with Gasteiger partial charge in [-0.3, -0.25) is 9.59 Å². The highest BCUT2D eigenvalue weighted by Crippen LogP contribution is 2.39.